The summed E-state index contributed by atoms with van der Waals surface area (Å²) in [6.45, 7) is 6.71. The van der Waals surface area contributed by atoms with Gasteiger partial charge in [0.05, 0.1) is 5.69 Å². The van der Waals surface area contributed by atoms with Crippen LogP contribution in [0.3, 0.4) is 0 Å². The Morgan fingerprint density at radius 2 is 1.06 bits per heavy atom. The van der Waals surface area contributed by atoms with Crippen molar-refractivity contribution in [1.82, 2.24) is 4.98 Å². The highest BCUT2D eigenvalue weighted by Crippen LogP contribution is 2.21. The number of nitrogens with zero attached hydrogens (tertiary/aromatic N) is 3. The van der Waals surface area contributed by atoms with Crippen LogP contribution in [0.4, 0.5) is 0 Å². The fourth-order valence-electron chi connectivity index (χ4n) is 3.75. The van der Waals surface area contributed by atoms with Gasteiger partial charge in [-0.05, 0) is 24.5 Å². The number of hydrogen-bond donors (Lipinski definition) is 0. The van der Waals surface area contributed by atoms with Crippen LogP contribution in [0.15, 0.2) is 67.4 Å². The molecule has 0 fully saturated rings. The summed E-state index contributed by atoms with van der Waals surface area (Å²) in [4.78, 5) is 4.72. The standard InChI is InChI=1S/C27H37N3.2HI/c1-3-5-7-9-17-29-19-13-24(14-20-29)26-11-12-27(28-23-26)25-15-21-30(22-16-25)18-10-8-6-4-2;;/h11-16,19-23H,3-10,17-18H2,1-2H3;2*1H/q+2;;/p-2. The van der Waals surface area contributed by atoms with Crippen LogP contribution in [0, 0.1) is 0 Å². The van der Waals surface area contributed by atoms with E-state index in [1.54, 1.807) is 0 Å². The second-order valence-electron chi connectivity index (χ2n) is 8.20. The average molecular weight is 657 g/mol. The lowest BCUT2D eigenvalue weighted by atomic mass is 10.1. The Kier molecular flexibility index (Phi) is 14.9. The van der Waals surface area contributed by atoms with Gasteiger partial charge >= 0.3 is 0 Å². The zero-order valence-corrected chi connectivity index (χ0v) is 23.8. The number of aromatic nitrogens is 3. The highest BCUT2D eigenvalue weighted by Gasteiger charge is 2.07. The Bertz CT molecular complexity index is 788. The van der Waals surface area contributed by atoms with E-state index < -0.39 is 0 Å². The lowest BCUT2D eigenvalue weighted by Crippen LogP contribution is -3.00. The molecule has 3 nitrogen and oxygen atoms in total. The smallest absolute Gasteiger partial charge is 0.169 e. The maximum absolute atomic E-state index is 4.72. The molecule has 3 rings (SSSR count). The number of unbranched alkanes of at least 4 members (excludes halogenated alkanes) is 6. The fraction of sp³-hybridized carbons (Fsp3) is 0.444. The van der Waals surface area contributed by atoms with Crippen molar-refractivity contribution in [2.75, 3.05) is 0 Å². The molecule has 0 unspecified atom stereocenters. The summed E-state index contributed by atoms with van der Waals surface area (Å²) in [5.41, 5.74) is 4.58. The van der Waals surface area contributed by atoms with E-state index in [1.807, 2.05) is 6.20 Å². The summed E-state index contributed by atoms with van der Waals surface area (Å²) >= 11 is 0. The van der Waals surface area contributed by atoms with Crippen molar-refractivity contribution < 1.29 is 57.1 Å². The third-order valence-corrected chi connectivity index (χ3v) is 5.71. The largest absolute Gasteiger partial charge is 1.00 e. The van der Waals surface area contributed by atoms with E-state index in [2.05, 4.69) is 84.2 Å². The van der Waals surface area contributed by atoms with E-state index in [1.165, 1.54) is 68.1 Å². The number of halogens is 2. The molecule has 0 aliphatic heterocycles. The van der Waals surface area contributed by atoms with Crippen molar-refractivity contribution in [3.8, 4) is 22.4 Å². The van der Waals surface area contributed by atoms with Crippen molar-refractivity contribution in [1.29, 1.82) is 0 Å². The Labute approximate surface area is 228 Å². The normalized spacial score (nSPS) is 10.3. The maximum Gasteiger partial charge on any atom is 0.169 e. The van der Waals surface area contributed by atoms with Gasteiger partial charge in [-0.15, -0.1) is 0 Å². The third kappa shape index (κ3) is 9.41. The monoisotopic (exact) mass is 657 g/mol. The molecule has 3 aromatic rings. The van der Waals surface area contributed by atoms with Crippen LogP contribution in [0.2, 0.25) is 0 Å². The average Bonchev–Trinajstić information content (AvgIpc) is 2.81. The lowest BCUT2D eigenvalue weighted by molar-refractivity contribution is -0.697. The molecule has 0 spiro atoms. The van der Waals surface area contributed by atoms with E-state index in [0.29, 0.717) is 0 Å². The number of pyridine rings is 3. The second-order valence-corrected chi connectivity index (χ2v) is 8.20. The topological polar surface area (TPSA) is 20.6 Å². The zero-order chi connectivity index (χ0) is 21.0. The van der Waals surface area contributed by atoms with E-state index in [0.717, 1.165) is 18.8 Å². The van der Waals surface area contributed by atoms with Gasteiger partial charge in [-0.2, -0.15) is 0 Å². The number of rotatable bonds is 12. The van der Waals surface area contributed by atoms with Crippen molar-refractivity contribution in [3.63, 3.8) is 0 Å². The molecule has 0 bridgehead atoms. The number of aryl methyl sites for hydroxylation is 2. The van der Waals surface area contributed by atoms with Crippen molar-refractivity contribution in [3.05, 3.63) is 67.4 Å². The Morgan fingerprint density at radius 1 is 0.562 bits per heavy atom. The third-order valence-electron chi connectivity index (χ3n) is 5.71. The highest BCUT2D eigenvalue weighted by molar-refractivity contribution is 5.65. The van der Waals surface area contributed by atoms with Gasteiger partial charge in [-0.3, -0.25) is 4.98 Å². The fourth-order valence-corrected chi connectivity index (χ4v) is 3.75. The van der Waals surface area contributed by atoms with Gasteiger partial charge in [-0.1, -0.05) is 45.6 Å². The Morgan fingerprint density at radius 3 is 1.50 bits per heavy atom. The predicted molar refractivity (Wildman–Crippen MR) is 124 cm³/mol. The molecule has 32 heavy (non-hydrogen) atoms. The molecular weight excluding hydrogens is 620 g/mol. The Hall–Kier alpha value is -1.09. The molecule has 0 radical (unpaired) electrons. The molecule has 0 amide bonds. The van der Waals surface area contributed by atoms with Crippen molar-refractivity contribution in [2.24, 2.45) is 0 Å². The van der Waals surface area contributed by atoms with Crippen LogP contribution in [-0.4, -0.2) is 4.98 Å². The molecule has 3 aromatic heterocycles. The van der Waals surface area contributed by atoms with Crippen LogP contribution in [0.25, 0.3) is 22.4 Å². The molecule has 0 saturated carbocycles. The summed E-state index contributed by atoms with van der Waals surface area (Å²) in [5, 5.41) is 0. The van der Waals surface area contributed by atoms with E-state index in [-0.39, 0.29) is 48.0 Å². The summed E-state index contributed by atoms with van der Waals surface area (Å²) in [7, 11) is 0. The van der Waals surface area contributed by atoms with Crippen LogP contribution >= 0.6 is 0 Å². The molecule has 0 aliphatic rings. The second kappa shape index (κ2) is 16.5. The molecule has 5 heteroatoms. The molecule has 0 N–H and O–H groups in total. The number of hydrogen-bond acceptors (Lipinski definition) is 1. The predicted octanol–water partition coefficient (Wildman–Crippen LogP) is 0.159. The van der Waals surface area contributed by atoms with Gasteiger partial charge in [0.1, 0.15) is 13.1 Å². The van der Waals surface area contributed by atoms with Crippen LogP contribution in [-0.2, 0) is 13.1 Å². The van der Waals surface area contributed by atoms with Crippen LogP contribution < -0.4 is 57.1 Å². The lowest BCUT2D eigenvalue weighted by Gasteiger charge is -2.04. The van der Waals surface area contributed by atoms with E-state index in [9.17, 15) is 0 Å². The highest BCUT2D eigenvalue weighted by atomic mass is 127. The molecule has 0 atom stereocenters. The minimum atomic E-state index is 0. The summed E-state index contributed by atoms with van der Waals surface area (Å²) in [6.07, 6.45) is 21.1. The Balaban J connectivity index is 0.00000256. The van der Waals surface area contributed by atoms with Gasteiger partial charge in [0, 0.05) is 54.4 Å². The van der Waals surface area contributed by atoms with Gasteiger partial charge < -0.3 is 48.0 Å². The first-order chi connectivity index (χ1) is 14.8. The zero-order valence-electron chi connectivity index (χ0n) is 19.5. The van der Waals surface area contributed by atoms with E-state index in [4.69, 9.17) is 4.98 Å². The van der Waals surface area contributed by atoms with Gasteiger partial charge in [0.15, 0.2) is 24.8 Å². The van der Waals surface area contributed by atoms with Gasteiger partial charge in [0.2, 0.25) is 0 Å². The first kappa shape index (κ1) is 28.9. The van der Waals surface area contributed by atoms with Gasteiger partial charge in [0.25, 0.3) is 0 Å². The molecule has 174 valence electrons. The maximum atomic E-state index is 4.72. The minimum absolute atomic E-state index is 0. The van der Waals surface area contributed by atoms with Crippen LogP contribution in [0.5, 0.6) is 0 Å². The molecule has 0 aliphatic carbocycles. The molecule has 3 heterocycles. The summed E-state index contributed by atoms with van der Waals surface area (Å²) in [5.74, 6) is 0. The van der Waals surface area contributed by atoms with E-state index >= 15 is 0 Å². The molecule has 0 saturated heterocycles. The quantitative estimate of drug-likeness (QED) is 0.155. The molecule has 0 aromatic carbocycles. The van der Waals surface area contributed by atoms with Crippen molar-refractivity contribution >= 4 is 0 Å². The van der Waals surface area contributed by atoms with Crippen molar-refractivity contribution in [2.45, 2.75) is 78.3 Å². The van der Waals surface area contributed by atoms with Gasteiger partial charge in [-0.25, -0.2) is 9.13 Å². The van der Waals surface area contributed by atoms with Crippen LogP contribution in [0.1, 0.15) is 65.2 Å². The summed E-state index contributed by atoms with van der Waals surface area (Å²) < 4.78 is 4.55. The first-order valence-corrected chi connectivity index (χ1v) is 11.7. The summed E-state index contributed by atoms with van der Waals surface area (Å²) in [6, 6.07) is 13.0. The minimum Gasteiger partial charge on any atom is -1.00 e. The first-order valence-electron chi connectivity index (χ1n) is 11.7. The molecular formula is C27H37I2N3. The SMILES string of the molecule is CCCCCC[n+]1ccc(-c2ccc(-c3cc[n+](CCCCCC)cc3)nc2)cc1.[I-].[I-].